The van der Waals surface area contributed by atoms with Gasteiger partial charge in [-0.25, -0.2) is 0 Å². The maximum absolute atomic E-state index is 9.72. The van der Waals surface area contributed by atoms with E-state index >= 15 is 0 Å². The van der Waals surface area contributed by atoms with Crippen molar-refractivity contribution in [1.29, 1.82) is 0 Å². The van der Waals surface area contributed by atoms with Gasteiger partial charge >= 0.3 is 19.5 Å². The van der Waals surface area contributed by atoms with Crippen LogP contribution in [0.5, 0.6) is 0 Å². The van der Waals surface area contributed by atoms with E-state index < -0.39 is 11.9 Å². The molecule has 0 aromatic carbocycles. The number of aliphatic carboxylic acids is 2. The van der Waals surface area contributed by atoms with Crippen molar-refractivity contribution in [1.82, 2.24) is 0 Å². The first-order valence-electron chi connectivity index (χ1n) is 3.33. The SMILES string of the molecule is C/C(=C\Br)C(=O)[O-].C/C(=C\Br)C(=O)[O-].[Zn+2]. The maximum atomic E-state index is 9.72. The fourth-order valence-corrected chi connectivity index (χ4v) is 0.463. The van der Waals surface area contributed by atoms with E-state index in [1.807, 2.05) is 0 Å². The summed E-state index contributed by atoms with van der Waals surface area (Å²) in [5, 5.41) is 19.4. The van der Waals surface area contributed by atoms with Gasteiger partial charge in [0.15, 0.2) is 0 Å². The predicted molar refractivity (Wildman–Crippen MR) is 55.4 cm³/mol. The maximum Gasteiger partial charge on any atom is 2.00 e. The third-order valence-corrected chi connectivity index (χ3v) is 2.34. The minimum atomic E-state index is -1.14. The molecule has 4 nitrogen and oxygen atoms in total. The fourth-order valence-electron chi connectivity index (χ4n) is 0.0891. The molecule has 0 radical (unpaired) electrons. The summed E-state index contributed by atoms with van der Waals surface area (Å²) in [5.74, 6) is -2.28. The molecular weight excluding hydrogens is 385 g/mol. The summed E-state index contributed by atoms with van der Waals surface area (Å²) >= 11 is 5.66. The van der Waals surface area contributed by atoms with Crippen LogP contribution in [0.4, 0.5) is 0 Å². The van der Waals surface area contributed by atoms with Crippen LogP contribution in [0.1, 0.15) is 13.8 Å². The second kappa shape index (κ2) is 12.1. The molecule has 0 bridgehead atoms. The minimum absolute atomic E-state index is 0. The van der Waals surface area contributed by atoms with Crippen LogP contribution < -0.4 is 10.2 Å². The van der Waals surface area contributed by atoms with E-state index in [0.717, 1.165) is 0 Å². The van der Waals surface area contributed by atoms with E-state index in [0.29, 0.717) is 0 Å². The van der Waals surface area contributed by atoms with Gasteiger partial charge in [-0.3, -0.25) is 0 Å². The Kier molecular flexibility index (Phi) is 16.4. The Balaban J connectivity index is -0.000000180. The summed E-state index contributed by atoms with van der Waals surface area (Å²) in [4.78, 5) is 22.1. The molecule has 0 aromatic rings. The van der Waals surface area contributed by atoms with Crippen LogP contribution in [0.25, 0.3) is 0 Å². The Labute approximate surface area is 117 Å². The van der Waals surface area contributed by atoms with E-state index in [4.69, 9.17) is 0 Å². The summed E-state index contributed by atoms with van der Waals surface area (Å²) < 4.78 is 0. The summed E-state index contributed by atoms with van der Waals surface area (Å²) in [6, 6.07) is 0. The number of hydrogen-bond acceptors (Lipinski definition) is 4. The first-order chi connectivity index (χ1) is 6.36. The van der Waals surface area contributed by atoms with E-state index in [2.05, 4.69) is 31.9 Å². The van der Waals surface area contributed by atoms with E-state index in [-0.39, 0.29) is 30.6 Å². The zero-order valence-corrected chi connectivity index (χ0v) is 14.4. The van der Waals surface area contributed by atoms with Crippen molar-refractivity contribution in [3.8, 4) is 0 Å². The molecule has 0 aliphatic carbocycles. The number of carbonyl (C=O) groups excluding carboxylic acids is 2. The van der Waals surface area contributed by atoms with E-state index in [9.17, 15) is 19.8 Å². The van der Waals surface area contributed by atoms with Gasteiger partial charge < -0.3 is 19.8 Å². The fraction of sp³-hybridized carbons (Fsp3) is 0.250. The predicted octanol–water partition coefficient (Wildman–Crippen LogP) is 0.0675. The molecule has 0 rings (SSSR count). The zero-order chi connectivity index (χ0) is 11.7. The van der Waals surface area contributed by atoms with Gasteiger partial charge in [-0.15, -0.1) is 0 Å². The van der Waals surface area contributed by atoms with Crippen molar-refractivity contribution in [2.24, 2.45) is 0 Å². The molecule has 7 heteroatoms. The van der Waals surface area contributed by atoms with E-state index in [1.165, 1.54) is 23.8 Å². The van der Waals surface area contributed by atoms with Gasteiger partial charge in [0, 0.05) is 0 Å². The first kappa shape index (κ1) is 20.4. The zero-order valence-electron chi connectivity index (χ0n) is 8.25. The second-order valence-corrected chi connectivity index (χ2v) is 3.07. The molecule has 0 atom stereocenters. The normalized spacial score (nSPS) is 10.7. The number of carboxylic acid groups (broad SMARTS) is 2. The molecule has 0 unspecified atom stereocenters. The molecule has 0 aliphatic rings. The van der Waals surface area contributed by atoms with Gasteiger partial charge in [0.25, 0.3) is 0 Å². The van der Waals surface area contributed by atoms with Crippen LogP contribution in [0.15, 0.2) is 21.1 Å². The Bertz CT molecular complexity index is 246. The molecule has 0 saturated carbocycles. The summed E-state index contributed by atoms with van der Waals surface area (Å²) in [7, 11) is 0. The second-order valence-electron chi connectivity index (χ2n) is 2.16. The Morgan fingerprint density at radius 1 is 0.933 bits per heavy atom. The van der Waals surface area contributed by atoms with Crippen molar-refractivity contribution in [3.63, 3.8) is 0 Å². The quantitative estimate of drug-likeness (QED) is 0.491. The van der Waals surface area contributed by atoms with Gasteiger partial charge in [-0.05, 0) is 35.0 Å². The average Bonchev–Trinajstić information content (AvgIpc) is 2.15. The van der Waals surface area contributed by atoms with Gasteiger partial charge in [-0.2, -0.15) is 0 Å². The minimum Gasteiger partial charge on any atom is -0.545 e. The molecular formula is C8H8Br2O4Zn. The van der Waals surface area contributed by atoms with Gasteiger partial charge in [0.2, 0.25) is 0 Å². The summed E-state index contributed by atoms with van der Waals surface area (Å²) in [5.41, 5.74) is 0.389. The van der Waals surface area contributed by atoms with Crippen molar-refractivity contribution >= 4 is 43.8 Å². The standard InChI is InChI=1S/2C4H5BrO2.Zn/c2*1-3(2-5)4(6)7;/h2*2H,1H3,(H,6,7);/q;;+2/p-2/b2*3-2+;. The monoisotopic (exact) mass is 390 g/mol. The number of carboxylic acids is 2. The summed E-state index contributed by atoms with van der Waals surface area (Å²) in [6.07, 6.45) is 0. The topological polar surface area (TPSA) is 80.3 Å². The van der Waals surface area contributed by atoms with Crippen LogP contribution in [-0.4, -0.2) is 11.9 Å². The summed E-state index contributed by atoms with van der Waals surface area (Å²) in [6.45, 7) is 2.90. The van der Waals surface area contributed by atoms with Gasteiger partial charge in [0.05, 0.1) is 11.9 Å². The van der Waals surface area contributed by atoms with Crippen molar-refractivity contribution in [3.05, 3.63) is 21.1 Å². The molecule has 0 fully saturated rings. The molecule has 0 aromatic heterocycles. The van der Waals surface area contributed by atoms with Crippen LogP contribution in [0.2, 0.25) is 0 Å². The van der Waals surface area contributed by atoms with Gasteiger partial charge in [-0.1, -0.05) is 31.9 Å². The molecule has 0 N–H and O–H groups in total. The third kappa shape index (κ3) is 14.0. The molecule has 0 heterocycles. The molecule has 0 saturated heterocycles. The Morgan fingerprint density at radius 2 is 1.13 bits per heavy atom. The van der Waals surface area contributed by atoms with Crippen molar-refractivity contribution in [2.45, 2.75) is 13.8 Å². The van der Waals surface area contributed by atoms with Crippen LogP contribution in [-0.2, 0) is 29.1 Å². The molecule has 0 spiro atoms. The van der Waals surface area contributed by atoms with Gasteiger partial charge in [0.1, 0.15) is 0 Å². The van der Waals surface area contributed by atoms with Crippen molar-refractivity contribution < 1.29 is 39.3 Å². The number of hydrogen-bond donors (Lipinski definition) is 0. The largest absolute Gasteiger partial charge is 2.00 e. The van der Waals surface area contributed by atoms with Crippen LogP contribution in [0, 0.1) is 0 Å². The molecule has 0 aliphatic heterocycles. The van der Waals surface area contributed by atoms with Crippen LogP contribution in [0.3, 0.4) is 0 Å². The number of rotatable bonds is 2. The molecule has 0 amide bonds. The van der Waals surface area contributed by atoms with E-state index in [1.54, 1.807) is 0 Å². The number of carbonyl (C=O) groups is 2. The first-order valence-corrected chi connectivity index (χ1v) is 5.16. The Hall–Kier alpha value is 0.00338. The molecule has 15 heavy (non-hydrogen) atoms. The third-order valence-electron chi connectivity index (χ3n) is 0.971. The number of halogens is 2. The van der Waals surface area contributed by atoms with Crippen molar-refractivity contribution in [2.75, 3.05) is 0 Å². The molecule has 80 valence electrons. The average molecular weight is 393 g/mol. The van der Waals surface area contributed by atoms with Crippen LogP contribution >= 0.6 is 31.9 Å². The Morgan fingerprint density at radius 3 is 1.13 bits per heavy atom. The smallest absolute Gasteiger partial charge is 0.545 e.